The number of hydrogen-bond acceptors (Lipinski definition) is 2. The summed E-state index contributed by atoms with van der Waals surface area (Å²) in [5.74, 6) is 0. The predicted octanol–water partition coefficient (Wildman–Crippen LogP) is 1.17. The third-order valence-electron chi connectivity index (χ3n) is 2.64. The fraction of sp³-hybridized carbons (Fsp3) is 0.273. The summed E-state index contributed by atoms with van der Waals surface area (Å²) in [4.78, 5) is 13.5. The van der Waals surface area contributed by atoms with Crippen molar-refractivity contribution in [3.8, 4) is 0 Å². The molecule has 1 heterocycles. The number of quaternary nitrogens is 1. The molecule has 0 aliphatic heterocycles. The lowest BCUT2D eigenvalue weighted by Gasteiger charge is -1.99. The lowest BCUT2D eigenvalue weighted by atomic mass is 10.1. The molecule has 0 aliphatic rings. The van der Waals surface area contributed by atoms with Gasteiger partial charge in [-0.1, -0.05) is 0 Å². The molecule has 0 bridgehead atoms. The second-order valence-electron chi connectivity index (χ2n) is 3.88. The molecule has 0 unspecified atom stereocenters. The number of benzene rings is 1. The van der Waals surface area contributed by atoms with Gasteiger partial charge in [-0.15, -0.1) is 0 Å². The highest BCUT2D eigenvalue weighted by Gasteiger charge is 2.16. The maximum Gasteiger partial charge on any atom is 0.293 e. The van der Waals surface area contributed by atoms with Gasteiger partial charge in [-0.25, -0.2) is 0 Å². The van der Waals surface area contributed by atoms with Crippen molar-refractivity contribution in [2.24, 2.45) is 0 Å². The summed E-state index contributed by atoms with van der Waals surface area (Å²) in [5.41, 5.74) is 6.55. The highest BCUT2D eigenvalue weighted by molar-refractivity contribution is 5.91. The molecule has 84 valence electrons. The van der Waals surface area contributed by atoms with Gasteiger partial charge in [0.1, 0.15) is 5.52 Å². The smallest absolute Gasteiger partial charge is 0.293 e. The van der Waals surface area contributed by atoms with Crippen molar-refractivity contribution in [2.75, 3.05) is 6.54 Å². The number of aromatic amines is 1. The Kier molecular flexibility index (Phi) is 2.62. The van der Waals surface area contributed by atoms with Crippen LogP contribution < -0.4 is 5.73 Å². The van der Waals surface area contributed by atoms with Crippen LogP contribution in [0.4, 0.5) is 5.69 Å². The minimum Gasteiger partial charge on any atom is -0.357 e. The lowest BCUT2D eigenvalue weighted by molar-refractivity contribution is -0.383. The molecule has 0 fully saturated rings. The zero-order valence-electron chi connectivity index (χ0n) is 9.12. The number of H-pyrrole nitrogens is 1. The van der Waals surface area contributed by atoms with Gasteiger partial charge < -0.3 is 10.7 Å². The number of nitrogens with one attached hydrogen (secondary N) is 1. The Morgan fingerprint density at radius 2 is 2.25 bits per heavy atom. The molecule has 0 atom stereocenters. The summed E-state index contributed by atoms with van der Waals surface area (Å²) in [6.07, 6.45) is 2.67. The monoisotopic (exact) mass is 220 g/mol. The van der Waals surface area contributed by atoms with Gasteiger partial charge in [0.2, 0.25) is 0 Å². The fourth-order valence-corrected chi connectivity index (χ4v) is 1.95. The number of rotatable bonds is 3. The first-order chi connectivity index (χ1) is 7.63. The summed E-state index contributed by atoms with van der Waals surface area (Å²) in [6.45, 7) is 2.65. The van der Waals surface area contributed by atoms with E-state index in [-0.39, 0.29) is 10.6 Å². The molecule has 1 aromatic heterocycles. The number of aromatic nitrogens is 1. The van der Waals surface area contributed by atoms with Crippen molar-refractivity contribution >= 4 is 16.6 Å². The van der Waals surface area contributed by atoms with E-state index in [0.717, 1.165) is 29.5 Å². The number of aryl methyl sites for hydroxylation is 1. The molecule has 16 heavy (non-hydrogen) atoms. The van der Waals surface area contributed by atoms with Gasteiger partial charge in [-0.2, -0.15) is 0 Å². The van der Waals surface area contributed by atoms with Crippen LogP contribution in [0.3, 0.4) is 0 Å². The van der Waals surface area contributed by atoms with Gasteiger partial charge in [0.05, 0.1) is 11.5 Å². The van der Waals surface area contributed by atoms with Crippen molar-refractivity contribution in [3.63, 3.8) is 0 Å². The first kappa shape index (κ1) is 10.6. The predicted molar refractivity (Wildman–Crippen MR) is 61.1 cm³/mol. The zero-order chi connectivity index (χ0) is 11.7. The Hall–Kier alpha value is -1.88. The quantitative estimate of drug-likeness (QED) is 0.600. The van der Waals surface area contributed by atoms with Crippen LogP contribution in [-0.4, -0.2) is 16.5 Å². The minimum absolute atomic E-state index is 0.144. The van der Waals surface area contributed by atoms with E-state index in [9.17, 15) is 10.1 Å². The Morgan fingerprint density at radius 3 is 2.88 bits per heavy atom. The van der Waals surface area contributed by atoms with Gasteiger partial charge in [-0.3, -0.25) is 10.1 Å². The zero-order valence-corrected chi connectivity index (χ0v) is 9.12. The molecule has 0 radical (unpaired) electrons. The number of hydrogen-bond donors (Lipinski definition) is 2. The van der Waals surface area contributed by atoms with Gasteiger partial charge in [0.15, 0.2) is 0 Å². The normalized spacial score (nSPS) is 10.9. The summed E-state index contributed by atoms with van der Waals surface area (Å²) < 4.78 is 0. The molecule has 0 aliphatic carbocycles. The number of non-ortho nitro benzene ring substituents is 1. The first-order valence-corrected chi connectivity index (χ1v) is 5.17. The third-order valence-corrected chi connectivity index (χ3v) is 2.64. The maximum atomic E-state index is 10.9. The van der Waals surface area contributed by atoms with E-state index in [1.54, 1.807) is 6.07 Å². The van der Waals surface area contributed by atoms with E-state index in [0.29, 0.717) is 5.52 Å². The largest absolute Gasteiger partial charge is 0.357 e. The number of fused-ring (bicyclic) bond motifs is 1. The van der Waals surface area contributed by atoms with Crippen LogP contribution in [0.25, 0.3) is 10.9 Å². The van der Waals surface area contributed by atoms with Crippen LogP contribution in [0.1, 0.15) is 11.1 Å². The first-order valence-electron chi connectivity index (χ1n) is 5.17. The average molecular weight is 220 g/mol. The Balaban J connectivity index is 2.70. The number of nitro groups is 1. The van der Waals surface area contributed by atoms with Gasteiger partial charge in [0.25, 0.3) is 5.69 Å². The molecule has 2 rings (SSSR count). The van der Waals surface area contributed by atoms with Gasteiger partial charge >= 0.3 is 0 Å². The third kappa shape index (κ3) is 1.65. The van der Waals surface area contributed by atoms with Crippen molar-refractivity contribution in [3.05, 3.63) is 39.6 Å². The molecule has 0 amide bonds. The van der Waals surface area contributed by atoms with Crippen molar-refractivity contribution in [1.29, 1.82) is 0 Å². The highest BCUT2D eigenvalue weighted by atomic mass is 16.6. The fourth-order valence-electron chi connectivity index (χ4n) is 1.95. The minimum atomic E-state index is -0.347. The highest BCUT2D eigenvalue weighted by Crippen LogP contribution is 2.28. The molecular formula is C11H14N3O2+. The van der Waals surface area contributed by atoms with Crippen LogP contribution in [-0.2, 0) is 6.42 Å². The Labute approximate surface area is 92.4 Å². The molecule has 0 spiro atoms. The maximum absolute atomic E-state index is 10.9. The van der Waals surface area contributed by atoms with Crippen LogP contribution in [0, 0.1) is 17.0 Å². The molecule has 0 saturated heterocycles. The molecule has 2 aromatic rings. The SMILES string of the molecule is Cc1cc([N+](=O)[O-])c2[nH]cc(CC[NH3+])c2c1. The van der Waals surface area contributed by atoms with E-state index in [1.165, 1.54) is 0 Å². The van der Waals surface area contributed by atoms with Crippen molar-refractivity contribution in [1.82, 2.24) is 4.98 Å². The van der Waals surface area contributed by atoms with E-state index in [2.05, 4.69) is 10.7 Å². The van der Waals surface area contributed by atoms with E-state index in [1.807, 2.05) is 19.2 Å². The number of nitrogens with zero attached hydrogens (tertiary/aromatic N) is 1. The molecule has 4 N–H and O–H groups in total. The topological polar surface area (TPSA) is 86.6 Å². The Morgan fingerprint density at radius 1 is 1.50 bits per heavy atom. The van der Waals surface area contributed by atoms with Gasteiger partial charge in [0, 0.05) is 24.1 Å². The average Bonchev–Trinajstić information content (AvgIpc) is 2.61. The standard InChI is InChI=1S/C11H13N3O2/c1-7-4-9-8(2-3-12)6-13-11(9)10(5-7)14(15)16/h4-6,13H,2-3,12H2,1H3/p+1. The van der Waals surface area contributed by atoms with Crippen LogP contribution in [0.5, 0.6) is 0 Å². The summed E-state index contributed by atoms with van der Waals surface area (Å²) in [5, 5.41) is 11.8. The lowest BCUT2D eigenvalue weighted by Crippen LogP contribution is -2.51. The van der Waals surface area contributed by atoms with E-state index in [4.69, 9.17) is 0 Å². The van der Waals surface area contributed by atoms with Crippen LogP contribution in [0.15, 0.2) is 18.3 Å². The summed E-state index contributed by atoms with van der Waals surface area (Å²) >= 11 is 0. The molecule has 0 saturated carbocycles. The molecule has 5 heteroatoms. The van der Waals surface area contributed by atoms with E-state index >= 15 is 0 Å². The molecule has 5 nitrogen and oxygen atoms in total. The number of nitro benzene ring substituents is 1. The summed E-state index contributed by atoms with van der Waals surface area (Å²) in [7, 11) is 0. The van der Waals surface area contributed by atoms with Crippen LogP contribution >= 0.6 is 0 Å². The summed E-state index contributed by atoms with van der Waals surface area (Å²) in [6, 6.07) is 3.57. The Bertz CT molecular complexity index is 545. The van der Waals surface area contributed by atoms with Gasteiger partial charge in [-0.05, 0) is 24.1 Å². The molecular weight excluding hydrogens is 206 g/mol. The molecule has 1 aromatic carbocycles. The van der Waals surface area contributed by atoms with Crippen LogP contribution in [0.2, 0.25) is 0 Å². The second kappa shape index (κ2) is 3.94. The van der Waals surface area contributed by atoms with Crippen molar-refractivity contribution in [2.45, 2.75) is 13.3 Å². The second-order valence-corrected chi connectivity index (χ2v) is 3.88. The van der Waals surface area contributed by atoms with Crippen molar-refractivity contribution < 1.29 is 10.7 Å². The van der Waals surface area contributed by atoms with E-state index < -0.39 is 0 Å².